The van der Waals surface area contributed by atoms with E-state index in [0.717, 1.165) is 32.4 Å². The lowest BCUT2D eigenvalue weighted by molar-refractivity contribution is 0.0283. The van der Waals surface area contributed by atoms with E-state index in [0.29, 0.717) is 19.6 Å². The molecule has 2 aromatic carbocycles. The summed E-state index contributed by atoms with van der Waals surface area (Å²) in [6, 6.07) is 10.8. The zero-order valence-electron chi connectivity index (χ0n) is 21.3. The standard InChI is InChI=1S/C27H37NO3.C2H6.H2/c1-4-5-16-28-17-15-27(2,3)20-31-26(29)30-18-14-25-23-12-8-6-10-21(23)19-22-11-7-9-13-24(22)25;1-2;/h6,8-10,12-13,19,28H,4-5,7,11,14-18,20H2,1-3H3;1-2H3;1H. The van der Waals surface area contributed by atoms with E-state index >= 15 is 0 Å². The lowest BCUT2D eigenvalue weighted by atomic mass is 9.88. The second-order valence-electron chi connectivity index (χ2n) is 9.25. The van der Waals surface area contributed by atoms with Gasteiger partial charge in [-0.05, 0) is 66.2 Å². The lowest BCUT2D eigenvalue weighted by Gasteiger charge is -2.24. The topological polar surface area (TPSA) is 47.6 Å². The van der Waals surface area contributed by atoms with Crippen molar-refractivity contribution in [2.75, 3.05) is 26.3 Å². The molecule has 0 atom stereocenters. The molecule has 0 heterocycles. The van der Waals surface area contributed by atoms with Gasteiger partial charge in [-0.2, -0.15) is 0 Å². The molecule has 0 radical (unpaired) electrons. The molecule has 0 saturated carbocycles. The summed E-state index contributed by atoms with van der Waals surface area (Å²) >= 11 is 0. The van der Waals surface area contributed by atoms with Gasteiger partial charge in [0.1, 0.15) is 6.61 Å². The van der Waals surface area contributed by atoms with Crippen molar-refractivity contribution in [3.63, 3.8) is 0 Å². The van der Waals surface area contributed by atoms with Crippen LogP contribution in [0.2, 0.25) is 0 Å². The van der Waals surface area contributed by atoms with Crippen LogP contribution in [0.1, 0.15) is 78.4 Å². The number of hydrogen-bond donors (Lipinski definition) is 1. The minimum Gasteiger partial charge on any atom is -0.434 e. The minimum absolute atomic E-state index is 0. The highest BCUT2D eigenvalue weighted by atomic mass is 16.7. The van der Waals surface area contributed by atoms with E-state index in [1.165, 1.54) is 40.3 Å². The molecule has 4 heteroatoms. The van der Waals surface area contributed by atoms with Crippen LogP contribution in [0.15, 0.2) is 36.4 Å². The second kappa shape index (κ2) is 14.0. The van der Waals surface area contributed by atoms with Gasteiger partial charge in [0.25, 0.3) is 0 Å². The number of carbonyl (C=O) groups is 1. The van der Waals surface area contributed by atoms with Crippen molar-refractivity contribution < 1.29 is 15.7 Å². The number of nitrogens with one attached hydrogen (secondary N) is 1. The largest absolute Gasteiger partial charge is 0.508 e. The summed E-state index contributed by atoms with van der Waals surface area (Å²) < 4.78 is 10.9. The number of hydrogen-bond acceptors (Lipinski definition) is 4. The molecule has 2 aromatic rings. The Morgan fingerprint density at radius 1 is 1.15 bits per heavy atom. The van der Waals surface area contributed by atoms with E-state index < -0.39 is 6.16 Å². The Morgan fingerprint density at radius 3 is 2.73 bits per heavy atom. The van der Waals surface area contributed by atoms with E-state index in [1.54, 1.807) is 0 Å². The molecule has 3 rings (SSSR count). The number of aryl methyl sites for hydroxylation is 1. The highest BCUT2D eigenvalue weighted by Gasteiger charge is 2.21. The quantitative estimate of drug-likeness (QED) is 0.280. The fraction of sp³-hybridized carbons (Fsp3) is 0.552. The van der Waals surface area contributed by atoms with Crippen molar-refractivity contribution >= 4 is 23.0 Å². The van der Waals surface area contributed by atoms with Crippen LogP contribution in [0, 0.1) is 5.41 Å². The minimum atomic E-state index is -0.573. The van der Waals surface area contributed by atoms with Crippen LogP contribution in [0.5, 0.6) is 0 Å². The molecule has 1 aliphatic carbocycles. The van der Waals surface area contributed by atoms with Crippen LogP contribution in [-0.2, 0) is 22.3 Å². The molecule has 0 aliphatic heterocycles. The van der Waals surface area contributed by atoms with Gasteiger partial charge in [0, 0.05) is 13.3 Å². The Morgan fingerprint density at radius 2 is 1.94 bits per heavy atom. The molecule has 0 saturated heterocycles. The third-order valence-corrected chi connectivity index (χ3v) is 5.99. The average molecular weight is 456 g/mol. The highest BCUT2D eigenvalue weighted by molar-refractivity contribution is 5.90. The van der Waals surface area contributed by atoms with Gasteiger partial charge in [-0.1, -0.05) is 83.5 Å². The van der Waals surface area contributed by atoms with Crippen molar-refractivity contribution in [3.8, 4) is 0 Å². The maximum Gasteiger partial charge on any atom is 0.508 e. The first-order chi connectivity index (χ1) is 16.0. The van der Waals surface area contributed by atoms with Crippen LogP contribution in [0.3, 0.4) is 0 Å². The van der Waals surface area contributed by atoms with Gasteiger partial charge >= 0.3 is 6.16 Å². The van der Waals surface area contributed by atoms with Crippen molar-refractivity contribution in [2.45, 2.75) is 73.1 Å². The van der Waals surface area contributed by atoms with Gasteiger partial charge in [0.2, 0.25) is 0 Å². The van der Waals surface area contributed by atoms with E-state index in [4.69, 9.17) is 9.47 Å². The molecule has 4 nitrogen and oxygen atoms in total. The summed E-state index contributed by atoms with van der Waals surface area (Å²) in [5.74, 6) is 0. The first kappa shape index (κ1) is 26.9. The molecular formula is C29H45NO3. The number of carbonyl (C=O) groups excluding carboxylic acids is 1. The molecule has 0 aromatic heterocycles. The normalized spacial score (nSPS) is 12.6. The molecule has 0 fully saturated rings. The smallest absolute Gasteiger partial charge is 0.434 e. The summed E-state index contributed by atoms with van der Waals surface area (Å²) in [5.41, 5.74) is 3.86. The Balaban J connectivity index is 0.00000188. The molecule has 0 amide bonds. The zero-order chi connectivity index (χ0) is 24.1. The number of unbranched alkanes of at least 4 members (excludes halogenated alkanes) is 1. The van der Waals surface area contributed by atoms with Crippen LogP contribution in [0.25, 0.3) is 16.8 Å². The summed E-state index contributed by atoms with van der Waals surface area (Å²) in [5, 5.41) is 5.94. The third-order valence-electron chi connectivity index (χ3n) is 5.99. The molecule has 0 spiro atoms. The summed E-state index contributed by atoms with van der Waals surface area (Å²) in [6.07, 6.45) is 10.1. The van der Waals surface area contributed by atoms with Gasteiger partial charge < -0.3 is 14.8 Å². The Kier molecular flexibility index (Phi) is 11.5. The Hall–Kier alpha value is -2.33. The fourth-order valence-corrected chi connectivity index (χ4v) is 4.08. The molecule has 0 unspecified atom stereocenters. The second-order valence-corrected chi connectivity index (χ2v) is 9.25. The van der Waals surface area contributed by atoms with E-state index in [9.17, 15) is 4.79 Å². The van der Waals surface area contributed by atoms with E-state index in [1.807, 2.05) is 13.8 Å². The molecule has 0 bridgehead atoms. The SMILES string of the molecule is CC.CCCCNCCC(C)(C)COC(=O)OCCc1c2c(cc3ccccc13)CCC=C2.[HH]. The van der Waals surface area contributed by atoms with Crippen LogP contribution >= 0.6 is 0 Å². The van der Waals surface area contributed by atoms with E-state index in [-0.39, 0.29) is 6.84 Å². The van der Waals surface area contributed by atoms with Crippen LogP contribution in [0.4, 0.5) is 4.79 Å². The number of benzene rings is 2. The molecule has 33 heavy (non-hydrogen) atoms. The van der Waals surface area contributed by atoms with E-state index in [2.05, 4.69) is 68.6 Å². The first-order valence-electron chi connectivity index (χ1n) is 12.7. The maximum absolute atomic E-state index is 12.2. The Bertz CT molecular complexity index is 908. The monoisotopic (exact) mass is 455 g/mol. The first-order valence-corrected chi connectivity index (χ1v) is 12.7. The van der Waals surface area contributed by atoms with Gasteiger partial charge in [-0.15, -0.1) is 0 Å². The molecule has 184 valence electrons. The highest BCUT2D eigenvalue weighted by Crippen LogP contribution is 2.31. The van der Waals surface area contributed by atoms with Crippen LogP contribution in [-0.4, -0.2) is 32.5 Å². The average Bonchev–Trinajstić information content (AvgIpc) is 2.83. The fourth-order valence-electron chi connectivity index (χ4n) is 4.08. The molecule has 1 aliphatic rings. The Labute approximate surface area is 202 Å². The molecular weight excluding hydrogens is 410 g/mol. The van der Waals surface area contributed by atoms with Crippen LogP contribution < -0.4 is 5.32 Å². The van der Waals surface area contributed by atoms with Crippen molar-refractivity contribution in [3.05, 3.63) is 53.1 Å². The maximum atomic E-state index is 12.2. The third kappa shape index (κ3) is 8.51. The number of ether oxygens (including phenoxy) is 2. The van der Waals surface area contributed by atoms with Crippen molar-refractivity contribution in [2.24, 2.45) is 5.41 Å². The predicted molar refractivity (Wildman–Crippen MR) is 142 cm³/mol. The van der Waals surface area contributed by atoms with Gasteiger partial charge in [0.05, 0.1) is 6.61 Å². The molecule has 1 N–H and O–H groups in total. The van der Waals surface area contributed by atoms with Crippen molar-refractivity contribution in [1.29, 1.82) is 0 Å². The van der Waals surface area contributed by atoms with Gasteiger partial charge in [-0.25, -0.2) is 4.79 Å². The summed E-state index contributed by atoms with van der Waals surface area (Å²) in [4.78, 5) is 12.2. The van der Waals surface area contributed by atoms with Gasteiger partial charge in [0.15, 0.2) is 0 Å². The van der Waals surface area contributed by atoms with Crippen molar-refractivity contribution in [1.82, 2.24) is 5.32 Å². The van der Waals surface area contributed by atoms with Gasteiger partial charge in [-0.3, -0.25) is 0 Å². The summed E-state index contributed by atoms with van der Waals surface area (Å²) in [7, 11) is 0. The zero-order valence-corrected chi connectivity index (χ0v) is 21.3. The number of fused-ring (bicyclic) bond motifs is 2. The predicted octanol–water partition coefficient (Wildman–Crippen LogP) is 7.57. The number of rotatable bonds is 11. The lowest BCUT2D eigenvalue weighted by Crippen LogP contribution is -2.28. The summed E-state index contributed by atoms with van der Waals surface area (Å²) in [6.45, 7) is 13.1. The number of allylic oxidation sites excluding steroid dienone is 1.